The number of thiocarbonyl (C=S) groups is 1. The maximum Gasteiger partial charge on any atom is 0.0747 e. The second-order valence-electron chi connectivity index (χ2n) is 2.39. The molecule has 0 saturated carbocycles. The van der Waals surface area contributed by atoms with E-state index in [2.05, 4.69) is 18.7 Å². The molecule has 9 heavy (non-hydrogen) atoms. The van der Waals surface area contributed by atoms with E-state index in [1.54, 1.807) is 0 Å². The van der Waals surface area contributed by atoms with Gasteiger partial charge in [0.25, 0.3) is 0 Å². The minimum absolute atomic E-state index is 0.586. The van der Waals surface area contributed by atoms with Crippen molar-refractivity contribution in [2.75, 3.05) is 7.05 Å². The fourth-order valence-corrected chi connectivity index (χ4v) is 0.764. The topological polar surface area (TPSA) is 3.24 Å². The molecule has 0 aliphatic heterocycles. The van der Waals surface area contributed by atoms with Crippen molar-refractivity contribution < 1.29 is 0 Å². The summed E-state index contributed by atoms with van der Waals surface area (Å²) in [6, 6.07) is 0.586. The molecule has 0 aliphatic rings. The van der Waals surface area contributed by atoms with Gasteiger partial charge in [0.15, 0.2) is 0 Å². The molecule has 1 atom stereocenters. The van der Waals surface area contributed by atoms with E-state index in [1.165, 1.54) is 0 Å². The van der Waals surface area contributed by atoms with Gasteiger partial charge >= 0.3 is 0 Å². The van der Waals surface area contributed by atoms with E-state index in [0.29, 0.717) is 6.04 Å². The van der Waals surface area contributed by atoms with Gasteiger partial charge in [0, 0.05) is 13.1 Å². The Bertz CT molecular complexity index is 101. The van der Waals surface area contributed by atoms with Crippen molar-refractivity contribution >= 4 is 17.2 Å². The van der Waals surface area contributed by atoms with Crippen LogP contribution in [0.4, 0.5) is 0 Å². The van der Waals surface area contributed by atoms with Crippen LogP contribution in [0.25, 0.3) is 0 Å². The maximum atomic E-state index is 4.99. The largest absolute Gasteiger partial charge is 0.367 e. The van der Waals surface area contributed by atoms with Crippen LogP contribution in [-0.4, -0.2) is 23.0 Å². The lowest BCUT2D eigenvalue weighted by atomic mass is 10.2. The first-order valence-electron chi connectivity index (χ1n) is 3.33. The van der Waals surface area contributed by atoms with Crippen LogP contribution in [0.2, 0.25) is 0 Å². The first-order valence-corrected chi connectivity index (χ1v) is 3.73. The van der Waals surface area contributed by atoms with Crippen molar-refractivity contribution in [3.05, 3.63) is 0 Å². The van der Waals surface area contributed by atoms with Gasteiger partial charge in [-0.25, -0.2) is 0 Å². The van der Waals surface area contributed by atoms with Gasteiger partial charge in [-0.3, -0.25) is 0 Å². The van der Waals surface area contributed by atoms with Crippen molar-refractivity contribution in [2.24, 2.45) is 0 Å². The molecule has 0 fully saturated rings. The van der Waals surface area contributed by atoms with E-state index in [9.17, 15) is 0 Å². The van der Waals surface area contributed by atoms with Crippen LogP contribution in [0.5, 0.6) is 0 Å². The Hall–Kier alpha value is -0.110. The first-order chi connectivity index (χ1) is 4.09. The smallest absolute Gasteiger partial charge is 0.0747 e. The molecule has 0 heterocycles. The zero-order valence-corrected chi connectivity index (χ0v) is 7.46. The van der Waals surface area contributed by atoms with Crippen molar-refractivity contribution in [2.45, 2.75) is 33.2 Å². The van der Waals surface area contributed by atoms with Gasteiger partial charge in [-0.05, 0) is 20.3 Å². The van der Waals surface area contributed by atoms with E-state index in [-0.39, 0.29) is 0 Å². The Balaban J connectivity index is 3.72. The lowest BCUT2D eigenvalue weighted by Gasteiger charge is -2.24. The van der Waals surface area contributed by atoms with Crippen LogP contribution in [0.3, 0.4) is 0 Å². The molecule has 0 aromatic heterocycles. The van der Waals surface area contributed by atoms with Crippen LogP contribution in [0, 0.1) is 0 Å². The number of hydrogen-bond donors (Lipinski definition) is 0. The number of nitrogens with zero attached hydrogens (tertiary/aromatic N) is 1. The van der Waals surface area contributed by atoms with E-state index < -0.39 is 0 Å². The fraction of sp³-hybridized carbons (Fsp3) is 0.857. The molecule has 0 aromatic carbocycles. The third kappa shape index (κ3) is 2.80. The molecule has 0 rings (SSSR count). The van der Waals surface area contributed by atoms with E-state index in [0.717, 1.165) is 11.4 Å². The van der Waals surface area contributed by atoms with Crippen LogP contribution in [0.1, 0.15) is 27.2 Å². The second-order valence-corrected chi connectivity index (χ2v) is 2.98. The van der Waals surface area contributed by atoms with Crippen LogP contribution in [-0.2, 0) is 0 Å². The van der Waals surface area contributed by atoms with Gasteiger partial charge in [0.2, 0.25) is 0 Å². The van der Waals surface area contributed by atoms with Gasteiger partial charge in [-0.15, -0.1) is 0 Å². The molecule has 54 valence electrons. The molecule has 2 heteroatoms. The Kier molecular flexibility index (Phi) is 3.78. The highest BCUT2D eigenvalue weighted by Gasteiger charge is 2.04. The molecule has 0 amide bonds. The molecule has 0 bridgehead atoms. The van der Waals surface area contributed by atoms with Crippen molar-refractivity contribution in [3.63, 3.8) is 0 Å². The minimum Gasteiger partial charge on any atom is -0.367 e. The highest BCUT2D eigenvalue weighted by molar-refractivity contribution is 7.80. The van der Waals surface area contributed by atoms with Crippen molar-refractivity contribution in [1.82, 2.24) is 4.90 Å². The molecule has 1 unspecified atom stereocenters. The average molecular weight is 145 g/mol. The standard InChI is InChI=1S/C7H15NS/c1-5-6(2)8(4)7(3)9/h6H,5H2,1-4H3. The van der Waals surface area contributed by atoms with Gasteiger partial charge < -0.3 is 4.90 Å². The third-order valence-electron chi connectivity index (χ3n) is 1.75. The molecule has 0 saturated heterocycles. The molecule has 0 radical (unpaired) electrons. The summed E-state index contributed by atoms with van der Waals surface area (Å²) in [7, 11) is 2.04. The molecule has 0 aliphatic carbocycles. The second kappa shape index (κ2) is 3.83. The normalized spacial score (nSPS) is 12.9. The predicted octanol–water partition coefficient (Wildman–Crippen LogP) is 2.06. The summed E-state index contributed by atoms with van der Waals surface area (Å²) in [4.78, 5) is 3.10. The Labute approximate surface area is 63.0 Å². The Morgan fingerprint density at radius 1 is 1.67 bits per heavy atom. The average Bonchev–Trinajstić information content (AvgIpc) is 1.84. The van der Waals surface area contributed by atoms with Gasteiger partial charge in [-0.1, -0.05) is 19.1 Å². The SMILES string of the molecule is CCC(C)N(C)C(C)=S. The predicted molar refractivity (Wildman–Crippen MR) is 45.8 cm³/mol. The maximum absolute atomic E-state index is 4.99. The summed E-state index contributed by atoms with van der Waals surface area (Å²) in [6.45, 7) is 6.30. The monoisotopic (exact) mass is 145 g/mol. The van der Waals surface area contributed by atoms with Gasteiger partial charge in [-0.2, -0.15) is 0 Å². The van der Waals surface area contributed by atoms with Crippen molar-refractivity contribution in [3.8, 4) is 0 Å². The molecule has 0 aromatic rings. The fourth-order valence-electron chi connectivity index (χ4n) is 0.584. The summed E-state index contributed by atoms with van der Waals surface area (Å²) in [5, 5.41) is 0. The highest BCUT2D eigenvalue weighted by atomic mass is 32.1. The van der Waals surface area contributed by atoms with Crippen LogP contribution < -0.4 is 0 Å². The Morgan fingerprint density at radius 2 is 2.11 bits per heavy atom. The summed E-state index contributed by atoms with van der Waals surface area (Å²) in [6.07, 6.45) is 1.16. The first kappa shape index (κ1) is 8.89. The molecule has 0 N–H and O–H groups in total. The Morgan fingerprint density at radius 3 is 2.22 bits per heavy atom. The van der Waals surface area contributed by atoms with E-state index in [4.69, 9.17) is 12.2 Å². The lowest BCUT2D eigenvalue weighted by Crippen LogP contribution is -2.31. The molecular weight excluding hydrogens is 130 g/mol. The third-order valence-corrected chi connectivity index (χ3v) is 2.04. The van der Waals surface area contributed by atoms with Crippen LogP contribution >= 0.6 is 12.2 Å². The van der Waals surface area contributed by atoms with E-state index >= 15 is 0 Å². The van der Waals surface area contributed by atoms with Gasteiger partial charge in [0.1, 0.15) is 0 Å². The molecular formula is C7H15NS. The number of hydrogen-bond acceptors (Lipinski definition) is 1. The van der Waals surface area contributed by atoms with Crippen molar-refractivity contribution in [1.29, 1.82) is 0 Å². The lowest BCUT2D eigenvalue weighted by molar-refractivity contribution is 0.385. The summed E-state index contributed by atoms with van der Waals surface area (Å²) in [5.74, 6) is 0. The minimum atomic E-state index is 0.586. The summed E-state index contributed by atoms with van der Waals surface area (Å²) >= 11 is 4.99. The summed E-state index contributed by atoms with van der Waals surface area (Å²) < 4.78 is 0. The molecule has 1 nitrogen and oxygen atoms in total. The quantitative estimate of drug-likeness (QED) is 0.547. The van der Waals surface area contributed by atoms with Crippen LogP contribution in [0.15, 0.2) is 0 Å². The zero-order valence-electron chi connectivity index (χ0n) is 6.64. The van der Waals surface area contributed by atoms with Gasteiger partial charge in [0.05, 0.1) is 4.99 Å². The highest BCUT2D eigenvalue weighted by Crippen LogP contribution is 2.00. The van der Waals surface area contributed by atoms with E-state index in [1.807, 2.05) is 14.0 Å². The zero-order chi connectivity index (χ0) is 7.44. The molecule has 0 spiro atoms. The summed E-state index contributed by atoms with van der Waals surface area (Å²) in [5.41, 5.74) is 0. The number of rotatable bonds is 2.